The van der Waals surface area contributed by atoms with Gasteiger partial charge in [0.2, 0.25) is 0 Å². The molecule has 0 unspecified atom stereocenters. The van der Waals surface area contributed by atoms with E-state index in [1.807, 2.05) is 26.0 Å². The summed E-state index contributed by atoms with van der Waals surface area (Å²) in [6.07, 6.45) is 2.70. The molecule has 0 saturated carbocycles. The number of hydrogen-bond acceptors (Lipinski definition) is 3. The first-order valence-electron chi connectivity index (χ1n) is 5.64. The highest BCUT2D eigenvalue weighted by Crippen LogP contribution is 2.16. The predicted molar refractivity (Wildman–Crippen MR) is 71.5 cm³/mol. The van der Waals surface area contributed by atoms with Gasteiger partial charge in [-0.05, 0) is 38.0 Å². The van der Waals surface area contributed by atoms with Crippen LogP contribution in [0, 0.1) is 18.5 Å². The number of pyridine rings is 1. The van der Waals surface area contributed by atoms with Crippen molar-refractivity contribution < 1.29 is 0 Å². The van der Waals surface area contributed by atoms with Gasteiger partial charge in [0.1, 0.15) is 10.3 Å². The van der Waals surface area contributed by atoms with Gasteiger partial charge >= 0.3 is 0 Å². The summed E-state index contributed by atoms with van der Waals surface area (Å²) < 4.78 is 0.652. The minimum atomic E-state index is 0.652. The molecule has 0 bridgehead atoms. The van der Waals surface area contributed by atoms with Gasteiger partial charge in [-0.2, -0.15) is 0 Å². The Morgan fingerprint density at radius 2 is 2.12 bits per heavy atom. The molecule has 0 radical (unpaired) electrons. The van der Waals surface area contributed by atoms with Crippen LogP contribution in [-0.4, -0.2) is 15.0 Å². The summed E-state index contributed by atoms with van der Waals surface area (Å²) >= 11 is 5.27. The van der Waals surface area contributed by atoms with Gasteiger partial charge in [0.05, 0.1) is 0 Å². The molecule has 4 heteroatoms. The van der Waals surface area contributed by atoms with Crippen molar-refractivity contribution in [3.63, 3.8) is 0 Å². The van der Waals surface area contributed by atoms with Crippen LogP contribution in [0.4, 0.5) is 0 Å². The zero-order valence-electron chi connectivity index (χ0n) is 10.2. The lowest BCUT2D eigenvalue weighted by Crippen LogP contribution is -2.00. The standard InChI is InChI=1S/C13H15N3S/c1-4-10-9(3)13(17)16-12(15-10)11-7-8(2)5-6-14-11/h5-7H,4H2,1-3H3,(H,15,16,17). The fraction of sp³-hybridized carbons (Fsp3) is 0.308. The third kappa shape index (κ3) is 2.42. The van der Waals surface area contributed by atoms with Crippen LogP contribution in [0.15, 0.2) is 18.3 Å². The lowest BCUT2D eigenvalue weighted by Gasteiger charge is -2.07. The zero-order chi connectivity index (χ0) is 12.4. The molecule has 0 spiro atoms. The highest BCUT2D eigenvalue weighted by Gasteiger charge is 2.06. The Labute approximate surface area is 106 Å². The molecule has 3 nitrogen and oxygen atoms in total. The van der Waals surface area contributed by atoms with Crippen LogP contribution >= 0.6 is 12.2 Å². The molecule has 0 aliphatic rings. The molecule has 2 aromatic heterocycles. The summed E-state index contributed by atoms with van der Waals surface area (Å²) in [5.41, 5.74) is 4.18. The van der Waals surface area contributed by atoms with Gasteiger partial charge in [-0.3, -0.25) is 4.98 Å². The van der Waals surface area contributed by atoms with E-state index in [2.05, 4.69) is 21.9 Å². The van der Waals surface area contributed by atoms with Gasteiger partial charge in [-0.1, -0.05) is 19.1 Å². The van der Waals surface area contributed by atoms with Gasteiger partial charge in [-0.25, -0.2) is 4.98 Å². The van der Waals surface area contributed by atoms with Gasteiger partial charge < -0.3 is 4.98 Å². The maximum Gasteiger partial charge on any atom is 0.157 e. The molecular formula is C13H15N3S. The molecule has 88 valence electrons. The van der Waals surface area contributed by atoms with Crippen LogP contribution in [0.5, 0.6) is 0 Å². The molecule has 1 N–H and O–H groups in total. The van der Waals surface area contributed by atoms with E-state index in [1.165, 1.54) is 0 Å². The average molecular weight is 245 g/mol. The Balaban J connectivity index is 2.61. The van der Waals surface area contributed by atoms with E-state index in [0.717, 1.165) is 34.8 Å². The first-order chi connectivity index (χ1) is 8.11. The molecule has 0 amide bonds. The maximum absolute atomic E-state index is 5.27. The van der Waals surface area contributed by atoms with Crippen LogP contribution in [0.3, 0.4) is 0 Å². The summed E-state index contributed by atoms with van der Waals surface area (Å²) in [7, 11) is 0. The van der Waals surface area contributed by atoms with E-state index in [9.17, 15) is 0 Å². The lowest BCUT2D eigenvalue weighted by atomic mass is 10.2. The third-order valence-corrected chi connectivity index (χ3v) is 3.17. The quantitative estimate of drug-likeness (QED) is 0.825. The van der Waals surface area contributed by atoms with Gasteiger partial charge in [0.15, 0.2) is 5.82 Å². The third-order valence-electron chi connectivity index (χ3n) is 2.77. The van der Waals surface area contributed by atoms with Crippen molar-refractivity contribution >= 4 is 12.2 Å². The summed E-state index contributed by atoms with van der Waals surface area (Å²) in [5.74, 6) is 0.751. The van der Waals surface area contributed by atoms with Crippen LogP contribution < -0.4 is 0 Å². The van der Waals surface area contributed by atoms with E-state index in [1.54, 1.807) is 6.20 Å². The Bertz CT molecular complexity index is 602. The SMILES string of the molecule is CCc1[nH]c(-c2cc(C)ccn2)nc(=S)c1C. The van der Waals surface area contributed by atoms with E-state index in [-0.39, 0.29) is 0 Å². The molecule has 0 aliphatic carbocycles. The number of hydrogen-bond donors (Lipinski definition) is 1. The van der Waals surface area contributed by atoms with Crippen molar-refractivity contribution in [3.8, 4) is 11.5 Å². The van der Waals surface area contributed by atoms with Gasteiger partial charge in [0, 0.05) is 17.5 Å². The average Bonchev–Trinajstić information content (AvgIpc) is 2.32. The minimum Gasteiger partial charge on any atom is -0.342 e. The molecule has 0 aromatic carbocycles. The molecule has 0 atom stereocenters. The first-order valence-corrected chi connectivity index (χ1v) is 6.05. The normalized spacial score (nSPS) is 10.5. The molecule has 2 heterocycles. The Morgan fingerprint density at radius 3 is 2.76 bits per heavy atom. The topological polar surface area (TPSA) is 41.6 Å². The second-order valence-electron chi connectivity index (χ2n) is 4.07. The number of rotatable bonds is 2. The van der Waals surface area contributed by atoms with Crippen molar-refractivity contribution in [2.75, 3.05) is 0 Å². The molecule has 2 aromatic rings. The second-order valence-corrected chi connectivity index (χ2v) is 4.45. The Morgan fingerprint density at radius 1 is 1.35 bits per heavy atom. The fourth-order valence-electron chi connectivity index (χ4n) is 1.72. The number of aromatic nitrogens is 3. The van der Waals surface area contributed by atoms with Crippen molar-refractivity contribution in [3.05, 3.63) is 39.8 Å². The van der Waals surface area contributed by atoms with Crippen molar-refractivity contribution in [1.29, 1.82) is 0 Å². The summed E-state index contributed by atoms with van der Waals surface area (Å²) in [5, 5.41) is 0. The van der Waals surface area contributed by atoms with Crippen LogP contribution in [0.2, 0.25) is 0 Å². The second kappa shape index (κ2) is 4.75. The summed E-state index contributed by atoms with van der Waals surface area (Å²) in [4.78, 5) is 12.0. The number of H-pyrrole nitrogens is 1. The maximum atomic E-state index is 5.27. The molecule has 0 saturated heterocycles. The van der Waals surface area contributed by atoms with Crippen molar-refractivity contribution in [2.24, 2.45) is 0 Å². The number of aromatic amines is 1. The Hall–Kier alpha value is -1.55. The van der Waals surface area contributed by atoms with E-state index >= 15 is 0 Å². The Kier molecular flexibility index (Phi) is 3.33. The van der Waals surface area contributed by atoms with Crippen LogP contribution in [0.25, 0.3) is 11.5 Å². The number of nitrogens with zero attached hydrogens (tertiary/aromatic N) is 2. The predicted octanol–water partition coefficient (Wildman–Crippen LogP) is 3.38. The van der Waals surface area contributed by atoms with E-state index in [0.29, 0.717) is 4.64 Å². The molecule has 2 rings (SSSR count). The minimum absolute atomic E-state index is 0.652. The van der Waals surface area contributed by atoms with E-state index < -0.39 is 0 Å². The molecular weight excluding hydrogens is 230 g/mol. The molecule has 17 heavy (non-hydrogen) atoms. The molecule has 0 fully saturated rings. The summed E-state index contributed by atoms with van der Waals surface area (Å²) in [6, 6.07) is 3.97. The largest absolute Gasteiger partial charge is 0.342 e. The smallest absolute Gasteiger partial charge is 0.157 e. The van der Waals surface area contributed by atoms with Gasteiger partial charge in [0.25, 0.3) is 0 Å². The van der Waals surface area contributed by atoms with Crippen LogP contribution in [0.1, 0.15) is 23.7 Å². The van der Waals surface area contributed by atoms with Crippen molar-refractivity contribution in [1.82, 2.24) is 15.0 Å². The first kappa shape index (κ1) is 11.9. The molecule has 0 aliphatic heterocycles. The lowest BCUT2D eigenvalue weighted by molar-refractivity contribution is 0.962. The highest BCUT2D eigenvalue weighted by molar-refractivity contribution is 7.71. The summed E-state index contributed by atoms with van der Waals surface area (Å²) in [6.45, 7) is 6.13. The number of aryl methyl sites for hydroxylation is 2. The zero-order valence-corrected chi connectivity index (χ0v) is 11.1. The van der Waals surface area contributed by atoms with E-state index in [4.69, 9.17) is 12.2 Å². The van der Waals surface area contributed by atoms with Crippen molar-refractivity contribution in [2.45, 2.75) is 27.2 Å². The monoisotopic (exact) mass is 245 g/mol. The fourth-order valence-corrected chi connectivity index (χ4v) is 1.93. The van der Waals surface area contributed by atoms with Gasteiger partial charge in [-0.15, -0.1) is 0 Å². The van der Waals surface area contributed by atoms with Crippen LogP contribution in [-0.2, 0) is 6.42 Å². The highest BCUT2D eigenvalue weighted by atomic mass is 32.1. The number of nitrogens with one attached hydrogen (secondary N) is 1.